The highest BCUT2D eigenvalue weighted by atomic mass is 19.1. The molecule has 0 bridgehead atoms. The van der Waals surface area contributed by atoms with Crippen LogP contribution in [0.2, 0.25) is 0 Å². The van der Waals surface area contributed by atoms with E-state index in [1.807, 2.05) is 0 Å². The van der Waals surface area contributed by atoms with Crippen LogP contribution in [0.25, 0.3) is 0 Å². The van der Waals surface area contributed by atoms with Crippen molar-refractivity contribution >= 4 is 0 Å². The minimum Gasteiger partial charge on any atom is -0.494 e. The average molecular weight is 158 g/mol. The molecular weight excluding hydrogens is 150 g/mol. The van der Waals surface area contributed by atoms with Crippen molar-refractivity contribution in [3.63, 3.8) is 0 Å². The normalized spacial score (nSPS) is 9.82. The van der Waals surface area contributed by atoms with E-state index in [9.17, 15) is 8.78 Å². The number of halogens is 2. The third-order valence-corrected chi connectivity index (χ3v) is 1.41. The Balaban J connectivity index is 3.24. The van der Waals surface area contributed by atoms with Gasteiger partial charge in [-0.2, -0.15) is 0 Å². The lowest BCUT2D eigenvalue weighted by atomic mass is 10.2. The fraction of sp³-hybridized carbons (Fsp3) is 0.250. The Hall–Kier alpha value is -1.12. The van der Waals surface area contributed by atoms with Crippen LogP contribution in [0, 0.1) is 18.6 Å². The maximum atomic E-state index is 12.9. The molecule has 60 valence electrons. The van der Waals surface area contributed by atoms with Gasteiger partial charge in [-0.15, -0.1) is 0 Å². The van der Waals surface area contributed by atoms with Crippen molar-refractivity contribution in [2.75, 3.05) is 7.11 Å². The zero-order chi connectivity index (χ0) is 8.43. The van der Waals surface area contributed by atoms with E-state index in [-0.39, 0.29) is 11.3 Å². The molecule has 0 unspecified atom stereocenters. The zero-order valence-corrected chi connectivity index (χ0v) is 6.32. The Morgan fingerprint density at radius 2 is 1.91 bits per heavy atom. The molecule has 0 aliphatic heterocycles. The minimum absolute atomic E-state index is 0.0532. The minimum atomic E-state index is -0.506. The van der Waals surface area contributed by atoms with Gasteiger partial charge in [-0.05, 0) is 18.6 Å². The second-order valence-corrected chi connectivity index (χ2v) is 2.24. The first-order valence-corrected chi connectivity index (χ1v) is 3.15. The van der Waals surface area contributed by atoms with Crippen molar-refractivity contribution in [2.45, 2.75) is 6.92 Å². The molecule has 0 fully saturated rings. The van der Waals surface area contributed by atoms with E-state index in [0.29, 0.717) is 0 Å². The SMILES string of the molecule is COc1cc(F)cc(C)c1F. The van der Waals surface area contributed by atoms with Crippen LogP contribution in [-0.4, -0.2) is 7.11 Å². The number of hydrogen-bond donors (Lipinski definition) is 0. The van der Waals surface area contributed by atoms with Gasteiger partial charge in [0.15, 0.2) is 11.6 Å². The van der Waals surface area contributed by atoms with Gasteiger partial charge in [-0.3, -0.25) is 0 Å². The fourth-order valence-corrected chi connectivity index (χ4v) is 0.843. The fourth-order valence-electron chi connectivity index (χ4n) is 0.843. The van der Waals surface area contributed by atoms with Crippen LogP contribution in [-0.2, 0) is 0 Å². The smallest absolute Gasteiger partial charge is 0.168 e. The molecule has 0 N–H and O–H groups in total. The van der Waals surface area contributed by atoms with E-state index in [0.717, 1.165) is 12.1 Å². The van der Waals surface area contributed by atoms with Crippen molar-refractivity contribution in [1.82, 2.24) is 0 Å². The molecule has 0 aliphatic carbocycles. The summed E-state index contributed by atoms with van der Waals surface area (Å²) in [5.74, 6) is -1.04. The van der Waals surface area contributed by atoms with Gasteiger partial charge in [0.1, 0.15) is 5.82 Å². The van der Waals surface area contributed by atoms with Gasteiger partial charge < -0.3 is 4.74 Å². The molecule has 1 nitrogen and oxygen atoms in total. The maximum Gasteiger partial charge on any atom is 0.168 e. The zero-order valence-electron chi connectivity index (χ0n) is 6.32. The third kappa shape index (κ3) is 1.48. The lowest BCUT2D eigenvalue weighted by Crippen LogP contribution is -1.92. The molecule has 11 heavy (non-hydrogen) atoms. The summed E-state index contributed by atoms with van der Waals surface area (Å²) in [7, 11) is 1.30. The molecule has 0 atom stereocenters. The van der Waals surface area contributed by atoms with E-state index in [4.69, 9.17) is 0 Å². The second-order valence-electron chi connectivity index (χ2n) is 2.24. The number of benzene rings is 1. The van der Waals surface area contributed by atoms with Crippen LogP contribution in [0.1, 0.15) is 5.56 Å². The van der Waals surface area contributed by atoms with Crippen molar-refractivity contribution in [1.29, 1.82) is 0 Å². The monoisotopic (exact) mass is 158 g/mol. The Labute approximate surface area is 63.6 Å². The lowest BCUT2D eigenvalue weighted by molar-refractivity contribution is 0.381. The Morgan fingerprint density at radius 1 is 1.27 bits per heavy atom. The summed E-state index contributed by atoms with van der Waals surface area (Å²) in [6.07, 6.45) is 0. The summed E-state index contributed by atoms with van der Waals surface area (Å²) in [4.78, 5) is 0. The van der Waals surface area contributed by atoms with E-state index >= 15 is 0 Å². The standard InChI is InChI=1S/C8H8F2O/c1-5-3-6(9)4-7(11-2)8(5)10/h3-4H,1-2H3. The highest BCUT2D eigenvalue weighted by Crippen LogP contribution is 2.20. The average Bonchev–Trinajstić information content (AvgIpc) is 1.96. The highest BCUT2D eigenvalue weighted by molar-refractivity contribution is 5.30. The first-order valence-electron chi connectivity index (χ1n) is 3.15. The summed E-state index contributed by atoms with van der Waals surface area (Å²) in [6, 6.07) is 2.14. The second kappa shape index (κ2) is 2.86. The molecule has 1 rings (SSSR count). The van der Waals surface area contributed by atoms with E-state index in [1.165, 1.54) is 14.0 Å². The largest absolute Gasteiger partial charge is 0.494 e. The molecule has 0 amide bonds. The Bertz CT molecular complexity index is 271. The van der Waals surface area contributed by atoms with Crippen molar-refractivity contribution in [2.24, 2.45) is 0 Å². The van der Waals surface area contributed by atoms with Crippen LogP contribution in [0.15, 0.2) is 12.1 Å². The lowest BCUT2D eigenvalue weighted by Gasteiger charge is -2.03. The number of methoxy groups -OCH3 is 1. The van der Waals surface area contributed by atoms with Crippen LogP contribution in [0.3, 0.4) is 0 Å². The van der Waals surface area contributed by atoms with Crippen molar-refractivity contribution < 1.29 is 13.5 Å². The molecule has 3 heteroatoms. The van der Waals surface area contributed by atoms with Gasteiger partial charge in [-0.1, -0.05) is 0 Å². The van der Waals surface area contributed by atoms with Gasteiger partial charge >= 0.3 is 0 Å². The predicted molar refractivity (Wildman–Crippen MR) is 37.6 cm³/mol. The maximum absolute atomic E-state index is 12.9. The van der Waals surface area contributed by atoms with Crippen LogP contribution < -0.4 is 4.74 Å². The molecule has 1 aromatic carbocycles. The van der Waals surface area contributed by atoms with Crippen LogP contribution in [0.5, 0.6) is 5.75 Å². The summed E-state index contributed by atoms with van der Waals surface area (Å²) in [5, 5.41) is 0. The predicted octanol–water partition coefficient (Wildman–Crippen LogP) is 2.28. The first-order chi connectivity index (χ1) is 5.15. The third-order valence-electron chi connectivity index (χ3n) is 1.41. The molecule has 0 spiro atoms. The molecule has 0 aromatic heterocycles. The molecule has 1 aromatic rings. The molecule has 0 radical (unpaired) electrons. The molecule has 0 aliphatic rings. The molecular formula is C8H8F2O. The van der Waals surface area contributed by atoms with Crippen LogP contribution >= 0.6 is 0 Å². The highest BCUT2D eigenvalue weighted by Gasteiger charge is 2.06. The molecule has 0 saturated carbocycles. The Morgan fingerprint density at radius 3 is 2.45 bits per heavy atom. The number of aryl methyl sites for hydroxylation is 1. The summed E-state index contributed by atoms with van der Waals surface area (Å²) >= 11 is 0. The first kappa shape index (κ1) is 7.98. The van der Waals surface area contributed by atoms with E-state index in [2.05, 4.69) is 4.74 Å². The van der Waals surface area contributed by atoms with Crippen molar-refractivity contribution in [3.8, 4) is 5.75 Å². The summed E-state index contributed by atoms with van der Waals surface area (Å²) < 4.78 is 30.0. The Kier molecular flexibility index (Phi) is 2.08. The van der Waals surface area contributed by atoms with Gasteiger partial charge in [0.2, 0.25) is 0 Å². The van der Waals surface area contributed by atoms with E-state index < -0.39 is 11.6 Å². The summed E-state index contributed by atoms with van der Waals surface area (Å²) in [6.45, 7) is 1.49. The summed E-state index contributed by atoms with van der Waals surface area (Å²) in [5.41, 5.74) is 0.252. The van der Waals surface area contributed by atoms with E-state index in [1.54, 1.807) is 0 Å². The molecule has 0 heterocycles. The van der Waals surface area contributed by atoms with Gasteiger partial charge in [-0.25, -0.2) is 8.78 Å². The van der Waals surface area contributed by atoms with Gasteiger partial charge in [0.25, 0.3) is 0 Å². The number of ether oxygens (including phenoxy) is 1. The number of rotatable bonds is 1. The van der Waals surface area contributed by atoms with Crippen molar-refractivity contribution in [3.05, 3.63) is 29.3 Å². The van der Waals surface area contributed by atoms with Gasteiger partial charge in [0, 0.05) is 6.07 Å². The quantitative estimate of drug-likeness (QED) is 0.609. The number of hydrogen-bond acceptors (Lipinski definition) is 1. The topological polar surface area (TPSA) is 9.23 Å². The van der Waals surface area contributed by atoms with Gasteiger partial charge in [0.05, 0.1) is 7.11 Å². The van der Waals surface area contributed by atoms with Crippen LogP contribution in [0.4, 0.5) is 8.78 Å². The molecule has 0 saturated heterocycles.